The quantitative estimate of drug-likeness (QED) is 0.666. The van der Waals surface area contributed by atoms with Crippen LogP contribution in [0.2, 0.25) is 0 Å². The number of allylic oxidation sites excluding steroid dienone is 1. The number of aryl methyl sites for hydroxylation is 2. The summed E-state index contributed by atoms with van der Waals surface area (Å²) in [5.74, 6) is 0. The van der Waals surface area contributed by atoms with Crippen LogP contribution in [0.4, 0.5) is 0 Å². The van der Waals surface area contributed by atoms with Gasteiger partial charge in [-0.25, -0.2) is 0 Å². The highest BCUT2D eigenvalue weighted by molar-refractivity contribution is 6.29. The van der Waals surface area contributed by atoms with Gasteiger partial charge in [-0.2, -0.15) is 0 Å². The van der Waals surface area contributed by atoms with Crippen LogP contribution >= 0.6 is 11.6 Å². The Labute approximate surface area is 78.9 Å². The van der Waals surface area contributed by atoms with Gasteiger partial charge in [-0.15, -0.1) is 0 Å². The second-order valence-electron chi connectivity index (χ2n) is 3.01. The van der Waals surface area contributed by atoms with Crippen molar-refractivity contribution in [3.05, 3.63) is 47.0 Å². The lowest BCUT2D eigenvalue weighted by molar-refractivity contribution is 0.987. The summed E-state index contributed by atoms with van der Waals surface area (Å²) < 4.78 is 0. The molecule has 0 saturated carbocycles. The first-order valence-corrected chi connectivity index (χ1v) is 4.45. The predicted molar refractivity (Wildman–Crippen MR) is 54.5 cm³/mol. The third-order valence-electron chi connectivity index (χ3n) is 1.77. The Morgan fingerprint density at radius 2 is 2.25 bits per heavy atom. The largest absolute Gasteiger partial charge is 0.0898 e. The van der Waals surface area contributed by atoms with Crippen molar-refractivity contribution in [1.82, 2.24) is 0 Å². The molecule has 1 rings (SSSR count). The van der Waals surface area contributed by atoms with Gasteiger partial charge < -0.3 is 0 Å². The van der Waals surface area contributed by atoms with Gasteiger partial charge in [0, 0.05) is 5.03 Å². The van der Waals surface area contributed by atoms with Crippen molar-refractivity contribution in [3.63, 3.8) is 0 Å². The molecule has 64 valence electrons. The molecule has 0 radical (unpaired) electrons. The maximum Gasteiger partial charge on any atom is 0.0112 e. The second-order valence-corrected chi connectivity index (χ2v) is 3.54. The lowest BCUT2D eigenvalue weighted by Crippen LogP contribution is -1.85. The summed E-state index contributed by atoms with van der Waals surface area (Å²) in [5.41, 5.74) is 2.63. The first-order valence-electron chi connectivity index (χ1n) is 4.07. The number of hydrogen-bond donors (Lipinski definition) is 0. The molecule has 0 aliphatic carbocycles. The van der Waals surface area contributed by atoms with Crippen LogP contribution in [-0.2, 0) is 6.42 Å². The Morgan fingerprint density at radius 1 is 1.50 bits per heavy atom. The Kier molecular flexibility index (Phi) is 3.36. The molecule has 1 aromatic carbocycles. The highest BCUT2D eigenvalue weighted by Crippen LogP contribution is 2.11. The van der Waals surface area contributed by atoms with Crippen molar-refractivity contribution in [1.29, 1.82) is 0 Å². The monoisotopic (exact) mass is 180 g/mol. The lowest BCUT2D eigenvalue weighted by Gasteiger charge is -2.00. The van der Waals surface area contributed by atoms with Crippen molar-refractivity contribution < 1.29 is 0 Å². The van der Waals surface area contributed by atoms with Gasteiger partial charge in [-0.3, -0.25) is 0 Å². The summed E-state index contributed by atoms with van der Waals surface area (Å²) in [6.45, 7) is 5.75. The molecule has 0 fully saturated rings. The van der Waals surface area contributed by atoms with Gasteiger partial charge in [-0.05, 0) is 25.3 Å². The van der Waals surface area contributed by atoms with Crippen LogP contribution < -0.4 is 0 Å². The van der Waals surface area contributed by atoms with E-state index in [0.717, 1.165) is 17.9 Å². The number of benzene rings is 1. The maximum absolute atomic E-state index is 5.67. The SMILES string of the molecule is C=C(Cl)CCc1cccc(C)c1. The van der Waals surface area contributed by atoms with E-state index in [1.807, 2.05) is 0 Å². The number of rotatable bonds is 3. The molecule has 0 N–H and O–H groups in total. The van der Waals surface area contributed by atoms with Crippen LogP contribution in [0.25, 0.3) is 0 Å². The Morgan fingerprint density at radius 3 is 2.83 bits per heavy atom. The minimum Gasteiger partial charge on any atom is -0.0898 e. The molecular weight excluding hydrogens is 168 g/mol. The van der Waals surface area contributed by atoms with Crippen LogP contribution in [-0.4, -0.2) is 0 Å². The fourth-order valence-electron chi connectivity index (χ4n) is 1.15. The molecule has 0 amide bonds. The van der Waals surface area contributed by atoms with E-state index in [2.05, 4.69) is 37.8 Å². The summed E-state index contributed by atoms with van der Waals surface area (Å²) in [6, 6.07) is 8.47. The summed E-state index contributed by atoms with van der Waals surface area (Å²) in [7, 11) is 0. The van der Waals surface area contributed by atoms with Gasteiger partial charge in [0.2, 0.25) is 0 Å². The Hall–Kier alpha value is -0.750. The van der Waals surface area contributed by atoms with Gasteiger partial charge in [0.05, 0.1) is 0 Å². The molecule has 0 bridgehead atoms. The van der Waals surface area contributed by atoms with Gasteiger partial charge in [0.25, 0.3) is 0 Å². The second kappa shape index (κ2) is 4.32. The fourth-order valence-corrected chi connectivity index (χ4v) is 1.24. The van der Waals surface area contributed by atoms with E-state index < -0.39 is 0 Å². The van der Waals surface area contributed by atoms with Crippen LogP contribution in [0.15, 0.2) is 35.9 Å². The Bertz CT molecular complexity index is 276. The van der Waals surface area contributed by atoms with E-state index in [1.165, 1.54) is 11.1 Å². The number of hydrogen-bond acceptors (Lipinski definition) is 0. The average Bonchev–Trinajstić information content (AvgIpc) is 2.01. The highest BCUT2D eigenvalue weighted by atomic mass is 35.5. The van der Waals surface area contributed by atoms with E-state index in [-0.39, 0.29) is 0 Å². The molecule has 0 spiro atoms. The summed E-state index contributed by atoms with van der Waals surface area (Å²) in [4.78, 5) is 0. The molecule has 0 saturated heterocycles. The van der Waals surface area contributed by atoms with E-state index in [1.54, 1.807) is 0 Å². The van der Waals surface area contributed by atoms with Gasteiger partial charge in [0.15, 0.2) is 0 Å². The topological polar surface area (TPSA) is 0 Å². The fraction of sp³-hybridized carbons (Fsp3) is 0.273. The average molecular weight is 181 g/mol. The number of halogens is 1. The molecule has 0 aromatic heterocycles. The zero-order chi connectivity index (χ0) is 8.97. The minimum atomic E-state index is 0.733. The maximum atomic E-state index is 5.67. The molecule has 12 heavy (non-hydrogen) atoms. The molecule has 1 heteroatoms. The standard InChI is InChI=1S/C11H13Cl/c1-9-4-3-5-11(8-9)7-6-10(2)12/h3-5,8H,2,6-7H2,1H3. The smallest absolute Gasteiger partial charge is 0.0112 e. The first kappa shape index (κ1) is 9.34. The van der Waals surface area contributed by atoms with Crippen molar-refractivity contribution in [2.24, 2.45) is 0 Å². The normalized spacial score (nSPS) is 9.83. The summed E-state index contributed by atoms with van der Waals surface area (Å²) in [6.07, 6.45) is 1.86. The van der Waals surface area contributed by atoms with Gasteiger partial charge in [-0.1, -0.05) is 48.0 Å². The molecule has 0 aliphatic rings. The lowest BCUT2D eigenvalue weighted by atomic mass is 10.1. The van der Waals surface area contributed by atoms with Gasteiger partial charge >= 0.3 is 0 Å². The van der Waals surface area contributed by atoms with E-state index in [4.69, 9.17) is 11.6 Å². The van der Waals surface area contributed by atoms with Crippen molar-refractivity contribution in [2.75, 3.05) is 0 Å². The van der Waals surface area contributed by atoms with Crippen LogP contribution in [0, 0.1) is 6.92 Å². The third kappa shape index (κ3) is 3.10. The zero-order valence-corrected chi connectivity index (χ0v) is 8.06. The third-order valence-corrected chi connectivity index (χ3v) is 1.96. The molecule has 0 heterocycles. The highest BCUT2D eigenvalue weighted by Gasteiger charge is 1.93. The van der Waals surface area contributed by atoms with Crippen molar-refractivity contribution in [2.45, 2.75) is 19.8 Å². The molecular formula is C11H13Cl. The van der Waals surface area contributed by atoms with Crippen LogP contribution in [0.5, 0.6) is 0 Å². The van der Waals surface area contributed by atoms with Gasteiger partial charge in [0.1, 0.15) is 0 Å². The summed E-state index contributed by atoms with van der Waals surface area (Å²) in [5, 5.41) is 0.733. The van der Waals surface area contributed by atoms with E-state index in [9.17, 15) is 0 Å². The predicted octanol–water partition coefficient (Wildman–Crippen LogP) is 3.68. The van der Waals surface area contributed by atoms with E-state index >= 15 is 0 Å². The molecule has 0 atom stereocenters. The minimum absolute atomic E-state index is 0.733. The molecule has 0 nitrogen and oxygen atoms in total. The van der Waals surface area contributed by atoms with Crippen LogP contribution in [0.3, 0.4) is 0 Å². The van der Waals surface area contributed by atoms with Crippen molar-refractivity contribution in [3.8, 4) is 0 Å². The zero-order valence-electron chi connectivity index (χ0n) is 7.31. The molecule has 0 aliphatic heterocycles. The van der Waals surface area contributed by atoms with Crippen molar-refractivity contribution >= 4 is 11.6 Å². The van der Waals surface area contributed by atoms with E-state index in [0.29, 0.717) is 0 Å². The summed E-state index contributed by atoms with van der Waals surface area (Å²) >= 11 is 5.67. The Balaban J connectivity index is 2.57. The molecule has 0 unspecified atom stereocenters. The van der Waals surface area contributed by atoms with Crippen LogP contribution in [0.1, 0.15) is 17.5 Å². The molecule has 1 aromatic rings. The first-order chi connectivity index (χ1) is 5.68.